The van der Waals surface area contributed by atoms with Gasteiger partial charge in [-0.1, -0.05) is 24.6 Å². The highest BCUT2D eigenvalue weighted by atomic mass is 32.2. The number of rotatable bonds is 4. The Balaban J connectivity index is 1.48. The normalized spacial score (nSPS) is 19.2. The maximum absolute atomic E-state index is 13.0. The van der Waals surface area contributed by atoms with Crippen LogP contribution in [0.15, 0.2) is 47.5 Å². The number of benzene rings is 1. The molecule has 0 saturated carbocycles. The third-order valence-electron chi connectivity index (χ3n) is 5.36. The molecule has 0 atom stereocenters. The minimum absolute atomic E-state index is 0.355. The first-order valence-corrected chi connectivity index (χ1v) is 10.8. The van der Waals surface area contributed by atoms with Crippen LogP contribution in [0.25, 0.3) is 0 Å². The van der Waals surface area contributed by atoms with Crippen LogP contribution in [-0.4, -0.2) is 42.2 Å². The molecule has 2 aliphatic rings. The molecule has 0 aliphatic carbocycles. The lowest BCUT2D eigenvalue weighted by atomic mass is 10.1. The first kappa shape index (κ1) is 17.6. The van der Waals surface area contributed by atoms with Crippen molar-refractivity contribution in [3.05, 3.63) is 59.4 Å². The van der Waals surface area contributed by atoms with Gasteiger partial charge in [-0.2, -0.15) is 4.31 Å². The fraction of sp³-hybridized carbons (Fsp3) is 0.450. The number of nitrogens with zero attached hydrogens (tertiary/aromatic N) is 3. The molecule has 4 rings (SSSR count). The van der Waals surface area contributed by atoms with Gasteiger partial charge in [0.25, 0.3) is 0 Å². The van der Waals surface area contributed by atoms with Crippen molar-refractivity contribution in [3.8, 4) is 0 Å². The van der Waals surface area contributed by atoms with E-state index in [2.05, 4.69) is 9.88 Å². The van der Waals surface area contributed by atoms with Gasteiger partial charge in [-0.05, 0) is 61.7 Å². The number of fused-ring (bicyclic) bond motifs is 1. The van der Waals surface area contributed by atoms with Crippen LogP contribution in [0.5, 0.6) is 0 Å². The number of likely N-dealkylation sites (tertiary alicyclic amines) is 1. The predicted octanol–water partition coefficient (Wildman–Crippen LogP) is 2.81. The van der Waals surface area contributed by atoms with Crippen molar-refractivity contribution < 1.29 is 8.42 Å². The molecule has 1 aromatic heterocycles. The van der Waals surface area contributed by atoms with E-state index in [0.717, 1.165) is 37.3 Å². The lowest BCUT2D eigenvalue weighted by molar-refractivity contribution is 0.221. The second-order valence-electron chi connectivity index (χ2n) is 7.18. The summed E-state index contributed by atoms with van der Waals surface area (Å²) in [5.41, 5.74) is 3.19. The molecule has 138 valence electrons. The summed E-state index contributed by atoms with van der Waals surface area (Å²) in [5, 5.41) is 0. The van der Waals surface area contributed by atoms with Gasteiger partial charge in [0.05, 0.1) is 17.1 Å². The van der Waals surface area contributed by atoms with Crippen molar-refractivity contribution in [3.63, 3.8) is 0 Å². The molecule has 3 heterocycles. The summed E-state index contributed by atoms with van der Waals surface area (Å²) < 4.78 is 27.5. The minimum Gasteiger partial charge on any atom is -0.299 e. The van der Waals surface area contributed by atoms with Crippen molar-refractivity contribution in [2.45, 2.75) is 43.7 Å². The van der Waals surface area contributed by atoms with Gasteiger partial charge in [0.2, 0.25) is 10.0 Å². The number of hydrogen-bond acceptors (Lipinski definition) is 4. The fourth-order valence-corrected chi connectivity index (χ4v) is 5.23. The van der Waals surface area contributed by atoms with Crippen molar-refractivity contribution in [2.24, 2.45) is 0 Å². The van der Waals surface area contributed by atoms with E-state index in [4.69, 9.17) is 0 Å². The molecule has 1 fully saturated rings. The third-order valence-corrected chi connectivity index (χ3v) is 7.22. The number of pyridine rings is 1. The smallest absolute Gasteiger partial charge is 0.243 e. The summed E-state index contributed by atoms with van der Waals surface area (Å²) in [5.74, 6) is 0. The maximum atomic E-state index is 13.0. The van der Waals surface area contributed by atoms with Crippen LogP contribution in [-0.2, 0) is 29.5 Å². The largest absolute Gasteiger partial charge is 0.299 e. The highest BCUT2D eigenvalue weighted by Gasteiger charge is 2.28. The van der Waals surface area contributed by atoms with Crippen LogP contribution in [0.2, 0.25) is 0 Å². The zero-order valence-corrected chi connectivity index (χ0v) is 15.8. The zero-order valence-electron chi connectivity index (χ0n) is 15.0. The molecule has 2 aliphatic heterocycles. The third kappa shape index (κ3) is 3.68. The predicted molar refractivity (Wildman–Crippen MR) is 101 cm³/mol. The van der Waals surface area contributed by atoms with Gasteiger partial charge in [0, 0.05) is 19.3 Å². The van der Waals surface area contributed by atoms with Crippen LogP contribution in [0.1, 0.15) is 36.1 Å². The standard InChI is InChI=1S/C20H25N3O2S/c24-26(25,23-14-10-18-5-4-11-21-20(18)16-23)19-8-6-17(7-9-19)15-22-12-2-1-3-13-22/h4-9,11H,1-3,10,12-16H2. The molecule has 0 spiro atoms. The molecular formula is C20H25N3O2S. The molecule has 26 heavy (non-hydrogen) atoms. The van der Waals surface area contributed by atoms with E-state index in [1.165, 1.54) is 24.8 Å². The number of hydrogen-bond donors (Lipinski definition) is 0. The Bertz CT molecular complexity index is 859. The van der Waals surface area contributed by atoms with Gasteiger partial charge in [-0.15, -0.1) is 0 Å². The van der Waals surface area contributed by atoms with E-state index in [1.54, 1.807) is 22.6 Å². The van der Waals surface area contributed by atoms with Crippen LogP contribution in [0.3, 0.4) is 0 Å². The molecule has 5 nitrogen and oxygen atoms in total. The molecular weight excluding hydrogens is 346 g/mol. The van der Waals surface area contributed by atoms with E-state index in [-0.39, 0.29) is 0 Å². The van der Waals surface area contributed by atoms with Gasteiger partial charge in [0.1, 0.15) is 0 Å². The molecule has 0 amide bonds. The van der Waals surface area contributed by atoms with Gasteiger partial charge in [-0.3, -0.25) is 9.88 Å². The van der Waals surface area contributed by atoms with E-state index in [1.807, 2.05) is 24.3 Å². The molecule has 0 N–H and O–H groups in total. The summed E-state index contributed by atoms with van der Waals surface area (Å²) in [7, 11) is -3.47. The van der Waals surface area contributed by atoms with Gasteiger partial charge >= 0.3 is 0 Å². The van der Waals surface area contributed by atoms with E-state index < -0.39 is 10.0 Å². The fourth-order valence-electron chi connectivity index (χ4n) is 3.83. The average Bonchev–Trinajstić information content (AvgIpc) is 2.69. The minimum atomic E-state index is -3.47. The number of aromatic nitrogens is 1. The SMILES string of the molecule is O=S(=O)(c1ccc(CN2CCCCC2)cc1)N1CCc2cccnc2C1. The van der Waals surface area contributed by atoms with Gasteiger partial charge in [-0.25, -0.2) is 8.42 Å². The highest BCUT2D eigenvalue weighted by Crippen LogP contribution is 2.24. The van der Waals surface area contributed by atoms with Crippen LogP contribution in [0.4, 0.5) is 0 Å². The van der Waals surface area contributed by atoms with Crippen molar-refractivity contribution in [1.29, 1.82) is 0 Å². The Morgan fingerprint density at radius 1 is 0.962 bits per heavy atom. The Labute approximate surface area is 155 Å². The monoisotopic (exact) mass is 371 g/mol. The van der Waals surface area contributed by atoms with E-state index in [9.17, 15) is 8.42 Å². The number of sulfonamides is 1. The second-order valence-corrected chi connectivity index (χ2v) is 9.12. The van der Waals surface area contributed by atoms with Gasteiger partial charge < -0.3 is 0 Å². The van der Waals surface area contributed by atoms with Crippen molar-refractivity contribution in [2.75, 3.05) is 19.6 Å². The molecule has 0 unspecified atom stereocenters. The first-order valence-electron chi connectivity index (χ1n) is 9.37. The van der Waals surface area contributed by atoms with E-state index >= 15 is 0 Å². The van der Waals surface area contributed by atoms with Gasteiger partial charge in [0.15, 0.2) is 0 Å². The lowest BCUT2D eigenvalue weighted by Gasteiger charge is -2.28. The van der Waals surface area contributed by atoms with Crippen LogP contribution >= 0.6 is 0 Å². The summed E-state index contributed by atoms with van der Waals surface area (Å²) in [4.78, 5) is 7.16. The van der Waals surface area contributed by atoms with Crippen molar-refractivity contribution in [1.82, 2.24) is 14.2 Å². The lowest BCUT2D eigenvalue weighted by Crippen LogP contribution is -2.36. The topological polar surface area (TPSA) is 53.5 Å². The molecule has 1 saturated heterocycles. The molecule has 0 radical (unpaired) electrons. The van der Waals surface area contributed by atoms with Crippen LogP contribution < -0.4 is 0 Å². The Kier molecular flexibility index (Phi) is 5.07. The summed E-state index contributed by atoms with van der Waals surface area (Å²) in [6.07, 6.45) is 6.29. The Morgan fingerprint density at radius 2 is 1.73 bits per heavy atom. The van der Waals surface area contributed by atoms with E-state index in [0.29, 0.717) is 18.0 Å². The molecule has 0 bridgehead atoms. The first-order chi connectivity index (χ1) is 12.6. The highest BCUT2D eigenvalue weighted by molar-refractivity contribution is 7.89. The van der Waals surface area contributed by atoms with Crippen LogP contribution in [0, 0.1) is 0 Å². The maximum Gasteiger partial charge on any atom is 0.243 e. The summed E-state index contributed by atoms with van der Waals surface area (Å²) in [6, 6.07) is 11.4. The number of piperidine rings is 1. The quantitative estimate of drug-likeness (QED) is 0.829. The van der Waals surface area contributed by atoms with Crippen molar-refractivity contribution >= 4 is 10.0 Å². The summed E-state index contributed by atoms with van der Waals surface area (Å²) >= 11 is 0. The Morgan fingerprint density at radius 3 is 2.50 bits per heavy atom. The molecule has 2 aromatic rings. The molecule has 6 heteroatoms. The molecule has 1 aromatic carbocycles. The summed E-state index contributed by atoms with van der Waals surface area (Å²) in [6.45, 7) is 4.05. The zero-order chi connectivity index (χ0) is 18.0. The average molecular weight is 372 g/mol. The second kappa shape index (κ2) is 7.47. The Hall–Kier alpha value is -1.76.